The first-order valence-electron chi connectivity index (χ1n) is 8.86. The van der Waals surface area contributed by atoms with Crippen LogP contribution in [-0.4, -0.2) is 20.7 Å². The number of amides is 1. The molecule has 0 aliphatic rings. The Hall–Kier alpha value is -2.80. The highest BCUT2D eigenvalue weighted by Gasteiger charge is 2.15. The third-order valence-corrected chi connectivity index (χ3v) is 5.25. The van der Waals surface area contributed by atoms with Crippen LogP contribution in [0.25, 0.3) is 0 Å². The number of carbonyl (C=O) groups excluding carboxylic acids is 1. The highest BCUT2D eigenvalue weighted by Crippen LogP contribution is 2.34. The lowest BCUT2D eigenvalue weighted by atomic mass is 10.1. The quantitative estimate of drug-likeness (QED) is 0.603. The first-order chi connectivity index (χ1) is 13.1. The number of benzene rings is 2. The molecule has 7 heteroatoms. The third-order valence-electron chi connectivity index (χ3n) is 4.10. The van der Waals surface area contributed by atoms with E-state index in [2.05, 4.69) is 22.4 Å². The lowest BCUT2D eigenvalue weighted by molar-refractivity contribution is 0.102. The maximum atomic E-state index is 12.3. The van der Waals surface area contributed by atoms with Crippen molar-refractivity contribution in [2.45, 2.75) is 37.2 Å². The van der Waals surface area contributed by atoms with Gasteiger partial charge in [0.05, 0.1) is 0 Å². The highest BCUT2D eigenvalue weighted by atomic mass is 32.2. The number of carbonyl (C=O) groups is 1. The molecule has 3 aromatic rings. The predicted molar refractivity (Wildman–Crippen MR) is 108 cm³/mol. The Kier molecular flexibility index (Phi) is 6.13. The minimum absolute atomic E-state index is 0.0735. The molecule has 140 valence electrons. The van der Waals surface area contributed by atoms with Gasteiger partial charge in [-0.05, 0) is 43.2 Å². The van der Waals surface area contributed by atoms with Crippen molar-refractivity contribution in [3.05, 3.63) is 76.2 Å². The zero-order valence-corrected chi connectivity index (χ0v) is 16.1. The zero-order chi connectivity index (χ0) is 19.2. The van der Waals surface area contributed by atoms with Gasteiger partial charge in [0.25, 0.3) is 5.91 Å². The van der Waals surface area contributed by atoms with Gasteiger partial charge in [0, 0.05) is 23.0 Å². The summed E-state index contributed by atoms with van der Waals surface area (Å²) in [6.07, 6.45) is 0.863. The summed E-state index contributed by atoms with van der Waals surface area (Å²) in [6, 6.07) is 16.8. The molecular formula is C20H22N4O2S. The van der Waals surface area contributed by atoms with E-state index in [1.807, 2.05) is 49.4 Å². The molecular weight excluding hydrogens is 360 g/mol. The van der Waals surface area contributed by atoms with Crippen LogP contribution < -0.4 is 11.0 Å². The average Bonchev–Trinajstić information content (AvgIpc) is 3.03. The Balaban J connectivity index is 1.73. The van der Waals surface area contributed by atoms with Gasteiger partial charge in [0.1, 0.15) is 0 Å². The number of hydrogen-bond acceptors (Lipinski definition) is 4. The Bertz CT molecular complexity index is 965. The SMILES string of the molecule is CCCn1c(S[C@@H](C)c2cccc(NC(=O)c3ccccc3)c2)n[nH]c1=O. The van der Waals surface area contributed by atoms with Crippen LogP contribution in [0.2, 0.25) is 0 Å². The first-order valence-corrected chi connectivity index (χ1v) is 9.74. The molecule has 6 nitrogen and oxygen atoms in total. The van der Waals surface area contributed by atoms with Gasteiger partial charge in [0.2, 0.25) is 0 Å². The molecule has 0 fully saturated rings. The van der Waals surface area contributed by atoms with Crippen LogP contribution in [0.5, 0.6) is 0 Å². The molecule has 1 heterocycles. The number of nitrogens with zero attached hydrogens (tertiary/aromatic N) is 2. The van der Waals surface area contributed by atoms with Crippen molar-refractivity contribution in [2.75, 3.05) is 5.32 Å². The average molecular weight is 382 g/mol. The van der Waals surface area contributed by atoms with E-state index in [-0.39, 0.29) is 16.8 Å². The topological polar surface area (TPSA) is 79.8 Å². The summed E-state index contributed by atoms with van der Waals surface area (Å²) in [7, 11) is 0. The van der Waals surface area contributed by atoms with Gasteiger partial charge < -0.3 is 5.32 Å². The van der Waals surface area contributed by atoms with Crippen LogP contribution in [0.15, 0.2) is 64.5 Å². The van der Waals surface area contributed by atoms with Gasteiger partial charge in [-0.2, -0.15) is 0 Å². The Morgan fingerprint density at radius 3 is 2.74 bits per heavy atom. The van der Waals surface area contributed by atoms with Crippen molar-refractivity contribution < 1.29 is 4.79 Å². The van der Waals surface area contributed by atoms with Crippen LogP contribution >= 0.6 is 11.8 Å². The van der Waals surface area contributed by atoms with Crippen molar-refractivity contribution in [2.24, 2.45) is 0 Å². The normalized spacial score (nSPS) is 11.9. The third kappa shape index (κ3) is 4.68. The monoisotopic (exact) mass is 382 g/mol. The summed E-state index contributed by atoms with van der Waals surface area (Å²) in [5.41, 5.74) is 2.21. The maximum absolute atomic E-state index is 12.3. The number of anilines is 1. The summed E-state index contributed by atoms with van der Waals surface area (Å²) in [5.74, 6) is -0.142. The number of thioether (sulfide) groups is 1. The number of rotatable bonds is 7. The van der Waals surface area contributed by atoms with E-state index in [0.29, 0.717) is 17.3 Å². The molecule has 0 bridgehead atoms. The van der Waals surface area contributed by atoms with Gasteiger partial charge in [-0.1, -0.05) is 49.0 Å². The van der Waals surface area contributed by atoms with Crippen molar-refractivity contribution >= 4 is 23.4 Å². The fraction of sp³-hybridized carbons (Fsp3) is 0.250. The molecule has 0 aliphatic heterocycles. The molecule has 0 unspecified atom stereocenters. The number of hydrogen-bond donors (Lipinski definition) is 2. The predicted octanol–water partition coefficient (Wildman–Crippen LogP) is 4.09. The highest BCUT2D eigenvalue weighted by molar-refractivity contribution is 7.99. The van der Waals surface area contributed by atoms with Gasteiger partial charge in [-0.3, -0.25) is 9.36 Å². The van der Waals surface area contributed by atoms with E-state index in [1.165, 1.54) is 11.8 Å². The molecule has 1 amide bonds. The van der Waals surface area contributed by atoms with Crippen LogP contribution in [0, 0.1) is 0 Å². The molecule has 0 radical (unpaired) electrons. The van der Waals surface area contributed by atoms with Crippen molar-refractivity contribution in [3.8, 4) is 0 Å². The second-order valence-corrected chi connectivity index (χ2v) is 7.48. The lowest BCUT2D eigenvalue weighted by Gasteiger charge is -2.13. The number of aromatic nitrogens is 3. The second kappa shape index (κ2) is 8.73. The van der Waals surface area contributed by atoms with E-state index in [0.717, 1.165) is 17.7 Å². The van der Waals surface area contributed by atoms with Crippen LogP contribution in [0.3, 0.4) is 0 Å². The Labute approximate surface area is 162 Å². The molecule has 2 N–H and O–H groups in total. The lowest BCUT2D eigenvalue weighted by Crippen LogP contribution is -2.17. The van der Waals surface area contributed by atoms with Crippen molar-refractivity contribution in [1.82, 2.24) is 14.8 Å². The molecule has 0 saturated heterocycles. The molecule has 0 spiro atoms. The molecule has 0 aliphatic carbocycles. The van der Waals surface area contributed by atoms with E-state index in [4.69, 9.17) is 0 Å². The van der Waals surface area contributed by atoms with Crippen LogP contribution in [0.1, 0.15) is 41.4 Å². The van der Waals surface area contributed by atoms with Gasteiger partial charge in [-0.15, -0.1) is 5.10 Å². The largest absolute Gasteiger partial charge is 0.343 e. The molecule has 2 aromatic carbocycles. The van der Waals surface area contributed by atoms with Gasteiger partial charge in [0.15, 0.2) is 5.16 Å². The molecule has 1 atom stereocenters. The second-order valence-electron chi connectivity index (χ2n) is 6.17. The zero-order valence-electron chi connectivity index (χ0n) is 15.3. The summed E-state index contributed by atoms with van der Waals surface area (Å²) >= 11 is 1.52. The van der Waals surface area contributed by atoms with Gasteiger partial charge in [-0.25, -0.2) is 9.89 Å². The fourth-order valence-corrected chi connectivity index (χ4v) is 3.70. The standard InChI is InChI=1S/C20H22N4O2S/c1-3-12-24-19(26)22-23-20(24)27-14(2)16-10-7-11-17(13-16)21-18(25)15-8-5-4-6-9-15/h4-11,13-14H,3,12H2,1-2H3,(H,21,25)(H,22,26)/t14-/m0/s1. The molecule has 27 heavy (non-hydrogen) atoms. The summed E-state index contributed by atoms with van der Waals surface area (Å²) in [5, 5.41) is 10.3. The van der Waals surface area contributed by atoms with E-state index < -0.39 is 0 Å². The van der Waals surface area contributed by atoms with E-state index in [1.54, 1.807) is 16.7 Å². The number of nitrogens with one attached hydrogen (secondary N) is 2. The fourth-order valence-electron chi connectivity index (χ4n) is 2.70. The maximum Gasteiger partial charge on any atom is 0.343 e. The van der Waals surface area contributed by atoms with Crippen molar-refractivity contribution in [3.63, 3.8) is 0 Å². The number of H-pyrrole nitrogens is 1. The molecule has 1 aromatic heterocycles. The molecule has 3 rings (SSSR count). The Morgan fingerprint density at radius 2 is 2.00 bits per heavy atom. The minimum atomic E-state index is -0.185. The summed E-state index contributed by atoms with van der Waals surface area (Å²) < 4.78 is 1.65. The van der Waals surface area contributed by atoms with E-state index in [9.17, 15) is 9.59 Å². The van der Waals surface area contributed by atoms with Crippen molar-refractivity contribution in [1.29, 1.82) is 0 Å². The van der Waals surface area contributed by atoms with Crippen LogP contribution in [-0.2, 0) is 6.54 Å². The molecule has 0 saturated carbocycles. The Morgan fingerprint density at radius 1 is 1.22 bits per heavy atom. The smallest absolute Gasteiger partial charge is 0.322 e. The minimum Gasteiger partial charge on any atom is -0.322 e. The van der Waals surface area contributed by atoms with E-state index >= 15 is 0 Å². The van der Waals surface area contributed by atoms with Gasteiger partial charge >= 0.3 is 5.69 Å². The number of aromatic amines is 1. The summed E-state index contributed by atoms with van der Waals surface area (Å²) in [6.45, 7) is 4.71. The summed E-state index contributed by atoms with van der Waals surface area (Å²) in [4.78, 5) is 24.2. The first kappa shape index (κ1) is 19.0. The van der Waals surface area contributed by atoms with Crippen LogP contribution in [0.4, 0.5) is 5.69 Å².